The molecule has 1 aromatic carbocycles. The first-order chi connectivity index (χ1) is 8.61. The molecule has 1 aromatic rings. The van der Waals surface area contributed by atoms with Gasteiger partial charge in [0, 0.05) is 23.6 Å². The Morgan fingerprint density at radius 1 is 1.56 bits per heavy atom. The quantitative estimate of drug-likeness (QED) is 0.910. The number of aryl methyl sites for hydroxylation is 1. The lowest BCUT2D eigenvalue weighted by atomic mass is 10.1. The van der Waals surface area contributed by atoms with Gasteiger partial charge in [-0.05, 0) is 58.8 Å². The van der Waals surface area contributed by atoms with Gasteiger partial charge in [0.05, 0.1) is 5.56 Å². The molecular formula is C14H17BrN2O. The second-order valence-corrected chi connectivity index (χ2v) is 6.26. The Kier molecular flexibility index (Phi) is 2.94. The first-order valence-electron chi connectivity index (χ1n) is 6.39. The maximum absolute atomic E-state index is 12.6. The van der Waals surface area contributed by atoms with Gasteiger partial charge in [-0.3, -0.25) is 4.79 Å². The molecule has 1 aliphatic carbocycles. The number of carbonyl (C=O) groups is 1. The molecule has 1 saturated carbocycles. The molecule has 3 unspecified atom stereocenters. The number of benzene rings is 1. The highest BCUT2D eigenvalue weighted by Crippen LogP contribution is 2.49. The highest BCUT2D eigenvalue weighted by atomic mass is 79.9. The predicted octanol–water partition coefficient (Wildman–Crippen LogP) is 2.18. The molecule has 3 rings (SSSR count). The molecule has 18 heavy (non-hydrogen) atoms. The standard InChI is InChI=1S/C14H17BrN2O/c1-8-2-3-10(12(15)4-8)14(18)17-7-9-5-11(9)13(17)6-16/h2-4,9,11,13H,5-7,16H2,1H3. The molecule has 2 aliphatic rings. The van der Waals surface area contributed by atoms with Gasteiger partial charge >= 0.3 is 0 Å². The van der Waals surface area contributed by atoms with E-state index in [0.29, 0.717) is 18.4 Å². The Morgan fingerprint density at radius 2 is 2.33 bits per heavy atom. The van der Waals surface area contributed by atoms with Gasteiger partial charge in [0.15, 0.2) is 0 Å². The van der Waals surface area contributed by atoms with Crippen LogP contribution < -0.4 is 5.73 Å². The lowest BCUT2D eigenvalue weighted by molar-refractivity contribution is 0.0711. The molecule has 1 heterocycles. The van der Waals surface area contributed by atoms with Crippen molar-refractivity contribution in [2.45, 2.75) is 19.4 Å². The monoisotopic (exact) mass is 308 g/mol. The summed E-state index contributed by atoms with van der Waals surface area (Å²) in [5.41, 5.74) is 7.72. The summed E-state index contributed by atoms with van der Waals surface area (Å²) in [6.45, 7) is 3.48. The lowest BCUT2D eigenvalue weighted by Gasteiger charge is -2.27. The Bertz CT molecular complexity index is 503. The number of likely N-dealkylation sites (tertiary alicyclic amines) is 1. The van der Waals surface area contributed by atoms with Crippen LogP contribution in [0.3, 0.4) is 0 Å². The van der Waals surface area contributed by atoms with Gasteiger partial charge in [0.2, 0.25) is 0 Å². The maximum Gasteiger partial charge on any atom is 0.255 e. The third-order valence-electron chi connectivity index (χ3n) is 4.16. The normalized spacial score (nSPS) is 29.3. The molecule has 0 aromatic heterocycles. The van der Waals surface area contributed by atoms with E-state index < -0.39 is 0 Å². The van der Waals surface area contributed by atoms with Crippen LogP contribution in [0, 0.1) is 18.8 Å². The molecule has 0 spiro atoms. The summed E-state index contributed by atoms with van der Waals surface area (Å²) in [7, 11) is 0. The number of nitrogens with zero attached hydrogens (tertiary/aromatic N) is 1. The number of nitrogens with two attached hydrogens (primary N) is 1. The summed E-state index contributed by atoms with van der Waals surface area (Å²) in [5, 5.41) is 0. The summed E-state index contributed by atoms with van der Waals surface area (Å²) in [5.74, 6) is 1.47. The summed E-state index contributed by atoms with van der Waals surface area (Å²) in [6.07, 6.45) is 1.25. The Balaban J connectivity index is 1.86. The van der Waals surface area contributed by atoms with Crippen LogP contribution in [0.15, 0.2) is 22.7 Å². The number of hydrogen-bond acceptors (Lipinski definition) is 2. The number of halogens is 1. The molecule has 0 bridgehead atoms. The highest BCUT2D eigenvalue weighted by Gasteiger charge is 2.53. The zero-order valence-corrected chi connectivity index (χ0v) is 12.0. The molecule has 1 amide bonds. The van der Waals surface area contributed by atoms with E-state index >= 15 is 0 Å². The van der Waals surface area contributed by atoms with E-state index in [9.17, 15) is 4.79 Å². The van der Waals surface area contributed by atoms with Gasteiger partial charge < -0.3 is 10.6 Å². The van der Waals surface area contributed by atoms with Crippen LogP contribution >= 0.6 is 15.9 Å². The smallest absolute Gasteiger partial charge is 0.255 e. The largest absolute Gasteiger partial charge is 0.334 e. The first kappa shape index (κ1) is 12.2. The fraction of sp³-hybridized carbons (Fsp3) is 0.500. The maximum atomic E-state index is 12.6. The summed E-state index contributed by atoms with van der Waals surface area (Å²) >= 11 is 3.48. The summed E-state index contributed by atoms with van der Waals surface area (Å²) in [4.78, 5) is 14.5. The fourth-order valence-corrected chi connectivity index (χ4v) is 3.72. The molecule has 4 heteroatoms. The Morgan fingerprint density at radius 3 is 3.00 bits per heavy atom. The van der Waals surface area contributed by atoms with Crippen molar-refractivity contribution in [3.05, 3.63) is 33.8 Å². The molecule has 2 fully saturated rings. The average Bonchev–Trinajstić information content (AvgIpc) is 3.00. The summed E-state index contributed by atoms with van der Waals surface area (Å²) < 4.78 is 0.879. The van der Waals surface area contributed by atoms with Crippen LogP contribution in [-0.4, -0.2) is 29.9 Å². The fourth-order valence-electron chi connectivity index (χ4n) is 3.06. The minimum absolute atomic E-state index is 0.115. The van der Waals surface area contributed by atoms with Gasteiger partial charge in [-0.1, -0.05) is 6.07 Å². The number of hydrogen-bond donors (Lipinski definition) is 1. The molecule has 3 atom stereocenters. The second-order valence-electron chi connectivity index (χ2n) is 5.40. The van der Waals surface area contributed by atoms with Crippen LogP contribution in [-0.2, 0) is 0 Å². The van der Waals surface area contributed by atoms with Crippen molar-refractivity contribution in [1.29, 1.82) is 0 Å². The average molecular weight is 309 g/mol. The second kappa shape index (κ2) is 4.35. The zero-order valence-electron chi connectivity index (χ0n) is 10.4. The van der Waals surface area contributed by atoms with Gasteiger partial charge in [-0.2, -0.15) is 0 Å². The minimum Gasteiger partial charge on any atom is -0.334 e. The SMILES string of the molecule is Cc1ccc(C(=O)N2CC3CC3C2CN)c(Br)c1. The number of fused-ring (bicyclic) bond motifs is 1. The van der Waals surface area contributed by atoms with Crippen molar-refractivity contribution in [3.63, 3.8) is 0 Å². The molecule has 0 radical (unpaired) electrons. The molecule has 2 N–H and O–H groups in total. The van der Waals surface area contributed by atoms with Gasteiger partial charge in [0.25, 0.3) is 5.91 Å². The number of rotatable bonds is 2. The molecule has 96 valence electrons. The number of carbonyl (C=O) groups excluding carboxylic acids is 1. The minimum atomic E-state index is 0.115. The van der Waals surface area contributed by atoms with E-state index in [1.807, 2.05) is 30.0 Å². The molecule has 1 saturated heterocycles. The number of piperidine rings is 1. The molecular weight excluding hydrogens is 292 g/mol. The number of amides is 1. The van der Waals surface area contributed by atoms with Crippen molar-refractivity contribution >= 4 is 21.8 Å². The van der Waals surface area contributed by atoms with Gasteiger partial charge in [-0.15, -0.1) is 0 Å². The third kappa shape index (κ3) is 1.88. The van der Waals surface area contributed by atoms with E-state index in [-0.39, 0.29) is 11.9 Å². The van der Waals surface area contributed by atoms with E-state index in [0.717, 1.165) is 22.1 Å². The van der Waals surface area contributed by atoms with Crippen molar-refractivity contribution in [2.24, 2.45) is 17.6 Å². The zero-order chi connectivity index (χ0) is 12.9. The van der Waals surface area contributed by atoms with Crippen molar-refractivity contribution in [1.82, 2.24) is 4.90 Å². The van der Waals surface area contributed by atoms with Crippen LogP contribution in [0.25, 0.3) is 0 Å². The van der Waals surface area contributed by atoms with E-state index in [1.165, 1.54) is 6.42 Å². The highest BCUT2D eigenvalue weighted by molar-refractivity contribution is 9.10. The van der Waals surface area contributed by atoms with E-state index in [2.05, 4.69) is 15.9 Å². The Hall–Kier alpha value is -0.870. The van der Waals surface area contributed by atoms with Gasteiger partial charge in [0.1, 0.15) is 0 Å². The topological polar surface area (TPSA) is 46.3 Å². The van der Waals surface area contributed by atoms with Crippen molar-refractivity contribution in [3.8, 4) is 0 Å². The summed E-state index contributed by atoms with van der Waals surface area (Å²) in [6, 6.07) is 6.11. The van der Waals surface area contributed by atoms with Crippen molar-refractivity contribution in [2.75, 3.05) is 13.1 Å². The van der Waals surface area contributed by atoms with Crippen LogP contribution in [0.2, 0.25) is 0 Å². The predicted molar refractivity (Wildman–Crippen MR) is 74.4 cm³/mol. The third-order valence-corrected chi connectivity index (χ3v) is 4.82. The molecule has 3 nitrogen and oxygen atoms in total. The van der Waals surface area contributed by atoms with Crippen molar-refractivity contribution < 1.29 is 4.79 Å². The molecule has 1 aliphatic heterocycles. The van der Waals surface area contributed by atoms with E-state index in [1.54, 1.807) is 0 Å². The first-order valence-corrected chi connectivity index (χ1v) is 7.18. The lowest BCUT2D eigenvalue weighted by Crippen LogP contribution is -2.42. The van der Waals surface area contributed by atoms with Crippen LogP contribution in [0.4, 0.5) is 0 Å². The van der Waals surface area contributed by atoms with Gasteiger partial charge in [-0.25, -0.2) is 0 Å². The van der Waals surface area contributed by atoms with E-state index in [4.69, 9.17) is 5.73 Å². The van der Waals surface area contributed by atoms with Crippen LogP contribution in [0.1, 0.15) is 22.3 Å². The Labute approximate surface area is 115 Å². The van der Waals surface area contributed by atoms with Crippen LogP contribution in [0.5, 0.6) is 0 Å².